The van der Waals surface area contributed by atoms with Crippen LogP contribution in [0.2, 0.25) is 10.0 Å². The van der Waals surface area contributed by atoms with Gasteiger partial charge in [-0.15, -0.1) is 0 Å². The third-order valence-electron chi connectivity index (χ3n) is 6.19. The van der Waals surface area contributed by atoms with Gasteiger partial charge in [0, 0.05) is 19.2 Å². The Morgan fingerprint density at radius 3 is 2.54 bits per heavy atom. The molecule has 3 aromatic rings. The van der Waals surface area contributed by atoms with Crippen molar-refractivity contribution in [2.75, 3.05) is 30.0 Å². The molecule has 0 amide bonds. The SMILES string of the molecule is CCc1nc(N(CC)c2ncc(Cl)cc2Cl)c(CC)nc1N[C@@H]1c2ccccc2C[C@@H]1OCCF. The third kappa shape index (κ3) is 5.37. The van der Waals surface area contributed by atoms with Gasteiger partial charge in [0.15, 0.2) is 11.6 Å². The van der Waals surface area contributed by atoms with Crippen molar-refractivity contribution in [1.29, 1.82) is 0 Å². The zero-order valence-electron chi connectivity index (χ0n) is 20.2. The predicted octanol–water partition coefficient (Wildman–Crippen LogP) is 6.53. The van der Waals surface area contributed by atoms with Gasteiger partial charge in [0.25, 0.3) is 0 Å². The summed E-state index contributed by atoms with van der Waals surface area (Å²) in [6, 6.07) is 9.76. The zero-order valence-corrected chi connectivity index (χ0v) is 21.7. The third-order valence-corrected chi connectivity index (χ3v) is 6.67. The zero-order chi connectivity index (χ0) is 24.9. The van der Waals surface area contributed by atoms with Crippen LogP contribution in [0.25, 0.3) is 0 Å². The molecular weight excluding hydrogens is 488 g/mol. The fourth-order valence-corrected chi connectivity index (χ4v) is 5.03. The number of anilines is 3. The molecule has 9 heteroatoms. The lowest BCUT2D eigenvalue weighted by atomic mass is 10.1. The lowest BCUT2D eigenvalue weighted by molar-refractivity contribution is 0.0393. The number of hydrogen-bond donors (Lipinski definition) is 1. The molecule has 35 heavy (non-hydrogen) atoms. The Morgan fingerprint density at radius 1 is 1.09 bits per heavy atom. The molecule has 6 nitrogen and oxygen atoms in total. The number of nitrogens with one attached hydrogen (secondary N) is 1. The first-order valence-electron chi connectivity index (χ1n) is 12.0. The Labute approximate surface area is 215 Å². The van der Waals surface area contributed by atoms with Crippen molar-refractivity contribution >= 4 is 40.7 Å². The van der Waals surface area contributed by atoms with Crippen LogP contribution < -0.4 is 10.2 Å². The Kier molecular flexibility index (Phi) is 8.42. The quantitative estimate of drug-likeness (QED) is 0.330. The van der Waals surface area contributed by atoms with Crippen LogP contribution in [0.4, 0.5) is 21.8 Å². The van der Waals surface area contributed by atoms with E-state index in [9.17, 15) is 4.39 Å². The second-order valence-corrected chi connectivity index (χ2v) is 9.17. The molecule has 0 unspecified atom stereocenters. The average molecular weight is 518 g/mol. The number of halogens is 3. The molecule has 1 aliphatic rings. The van der Waals surface area contributed by atoms with E-state index in [4.69, 9.17) is 37.9 Å². The van der Waals surface area contributed by atoms with Gasteiger partial charge < -0.3 is 15.0 Å². The molecule has 1 N–H and O–H groups in total. The molecule has 0 saturated carbocycles. The van der Waals surface area contributed by atoms with Gasteiger partial charge >= 0.3 is 0 Å². The molecule has 2 heterocycles. The van der Waals surface area contributed by atoms with Crippen molar-refractivity contribution < 1.29 is 9.13 Å². The van der Waals surface area contributed by atoms with E-state index in [-0.39, 0.29) is 18.8 Å². The van der Waals surface area contributed by atoms with E-state index in [0.717, 1.165) is 35.0 Å². The van der Waals surface area contributed by atoms with Crippen molar-refractivity contribution in [3.05, 3.63) is 69.1 Å². The number of benzene rings is 1. The largest absolute Gasteiger partial charge is 0.373 e. The number of nitrogens with zero attached hydrogens (tertiary/aromatic N) is 4. The molecule has 1 aromatic carbocycles. The van der Waals surface area contributed by atoms with E-state index < -0.39 is 6.67 Å². The van der Waals surface area contributed by atoms with Gasteiger partial charge in [-0.25, -0.2) is 19.3 Å². The number of aromatic nitrogens is 3. The van der Waals surface area contributed by atoms with E-state index in [2.05, 4.69) is 22.4 Å². The fourth-order valence-electron chi connectivity index (χ4n) is 4.54. The standard InChI is InChI=1S/C26H30Cl2FN5O/c1-4-20-24(33-23-18-10-8-7-9-16(18)13-22(23)35-12-11-29)31-21(5-2)26(32-20)34(6-3)25-19(28)14-17(27)15-30-25/h7-10,14-15,22-23H,4-6,11-13H2,1-3H3,(H,31,33)/t22-,23+/m0/s1. The molecule has 0 aliphatic heterocycles. The minimum atomic E-state index is -0.512. The summed E-state index contributed by atoms with van der Waals surface area (Å²) in [6.07, 6.45) is 3.48. The maximum Gasteiger partial charge on any atom is 0.156 e. The Morgan fingerprint density at radius 2 is 1.86 bits per heavy atom. The van der Waals surface area contributed by atoms with Crippen LogP contribution >= 0.6 is 23.2 Å². The highest BCUT2D eigenvalue weighted by Crippen LogP contribution is 2.38. The molecule has 0 saturated heterocycles. The van der Waals surface area contributed by atoms with Gasteiger partial charge in [0.2, 0.25) is 0 Å². The Bertz CT molecular complexity index is 1180. The van der Waals surface area contributed by atoms with Gasteiger partial charge in [0.1, 0.15) is 12.5 Å². The second kappa shape index (κ2) is 11.5. The van der Waals surface area contributed by atoms with Crippen molar-refractivity contribution in [2.24, 2.45) is 0 Å². The van der Waals surface area contributed by atoms with Crippen molar-refractivity contribution in [1.82, 2.24) is 15.0 Å². The monoisotopic (exact) mass is 517 g/mol. The maximum absolute atomic E-state index is 12.9. The van der Waals surface area contributed by atoms with Crippen LogP contribution in [0.1, 0.15) is 49.3 Å². The number of ether oxygens (including phenoxy) is 1. The highest BCUT2D eigenvalue weighted by Gasteiger charge is 2.34. The van der Waals surface area contributed by atoms with E-state index in [1.165, 1.54) is 5.56 Å². The molecule has 4 rings (SSSR count). The fraction of sp³-hybridized carbons (Fsp3) is 0.423. The highest BCUT2D eigenvalue weighted by molar-refractivity contribution is 6.36. The van der Waals surface area contributed by atoms with E-state index in [1.54, 1.807) is 12.3 Å². The predicted molar refractivity (Wildman–Crippen MR) is 140 cm³/mol. The highest BCUT2D eigenvalue weighted by atomic mass is 35.5. The number of alkyl halides is 1. The van der Waals surface area contributed by atoms with Crippen molar-refractivity contribution in [3.8, 4) is 0 Å². The van der Waals surface area contributed by atoms with E-state index >= 15 is 0 Å². The van der Waals surface area contributed by atoms with Crippen LogP contribution in [0.5, 0.6) is 0 Å². The summed E-state index contributed by atoms with van der Waals surface area (Å²) < 4.78 is 18.8. The van der Waals surface area contributed by atoms with E-state index in [1.807, 2.05) is 37.8 Å². The minimum Gasteiger partial charge on any atom is -0.373 e. The van der Waals surface area contributed by atoms with Crippen LogP contribution in [-0.2, 0) is 24.0 Å². The normalized spacial score (nSPS) is 16.9. The van der Waals surface area contributed by atoms with Crippen molar-refractivity contribution in [3.63, 3.8) is 0 Å². The lowest BCUT2D eigenvalue weighted by Crippen LogP contribution is -2.27. The van der Waals surface area contributed by atoms with Crippen LogP contribution in [-0.4, -0.2) is 40.9 Å². The molecule has 0 spiro atoms. The summed E-state index contributed by atoms with van der Waals surface area (Å²) in [7, 11) is 0. The number of hydrogen-bond acceptors (Lipinski definition) is 6. The van der Waals surface area contributed by atoms with Crippen LogP contribution in [0, 0.1) is 0 Å². The van der Waals surface area contributed by atoms with Gasteiger partial charge in [-0.3, -0.25) is 0 Å². The first-order valence-corrected chi connectivity index (χ1v) is 12.8. The van der Waals surface area contributed by atoms with Crippen molar-refractivity contribution in [2.45, 2.75) is 52.2 Å². The summed E-state index contributed by atoms with van der Waals surface area (Å²) in [5.74, 6) is 2.04. The number of aryl methyl sites for hydroxylation is 2. The Hall–Kier alpha value is -2.48. The summed E-state index contributed by atoms with van der Waals surface area (Å²) >= 11 is 12.5. The molecule has 2 atom stereocenters. The number of pyridine rings is 1. The molecule has 1 aliphatic carbocycles. The molecule has 2 aromatic heterocycles. The molecular formula is C26H30Cl2FN5O. The second-order valence-electron chi connectivity index (χ2n) is 8.32. The molecule has 0 radical (unpaired) electrons. The van der Waals surface area contributed by atoms with Gasteiger partial charge in [-0.2, -0.15) is 0 Å². The smallest absolute Gasteiger partial charge is 0.156 e. The average Bonchev–Trinajstić information content (AvgIpc) is 3.21. The van der Waals surface area contributed by atoms with Gasteiger partial charge in [0.05, 0.1) is 40.2 Å². The molecule has 0 fully saturated rings. The lowest BCUT2D eigenvalue weighted by Gasteiger charge is -2.27. The minimum absolute atomic E-state index is 0.0720. The Balaban J connectivity index is 1.72. The summed E-state index contributed by atoms with van der Waals surface area (Å²) in [5.41, 5.74) is 4.00. The number of rotatable bonds is 10. The van der Waals surface area contributed by atoms with Gasteiger partial charge in [-0.1, -0.05) is 61.3 Å². The number of fused-ring (bicyclic) bond motifs is 1. The van der Waals surface area contributed by atoms with Crippen LogP contribution in [0.3, 0.4) is 0 Å². The summed E-state index contributed by atoms with van der Waals surface area (Å²) in [5, 5.41) is 4.53. The van der Waals surface area contributed by atoms with Gasteiger partial charge in [-0.05, 0) is 37.0 Å². The summed E-state index contributed by atoms with van der Waals surface area (Å²) in [4.78, 5) is 16.5. The maximum atomic E-state index is 12.9. The first kappa shape index (κ1) is 25.6. The first-order chi connectivity index (χ1) is 17.0. The molecule has 186 valence electrons. The summed E-state index contributed by atoms with van der Waals surface area (Å²) in [6.45, 7) is 6.29. The van der Waals surface area contributed by atoms with Crippen LogP contribution in [0.15, 0.2) is 36.5 Å². The molecule has 0 bridgehead atoms. The van der Waals surface area contributed by atoms with E-state index in [0.29, 0.717) is 35.2 Å². The topological polar surface area (TPSA) is 63.2 Å².